The van der Waals surface area contributed by atoms with E-state index in [1.165, 1.54) is 71.3 Å². The highest BCUT2D eigenvalue weighted by Crippen LogP contribution is 2.45. The molecule has 8 aromatic carbocycles. The Kier molecular flexibility index (Phi) is 5.96. The van der Waals surface area contributed by atoms with Crippen molar-refractivity contribution >= 4 is 43.7 Å². The van der Waals surface area contributed by atoms with Crippen LogP contribution in [0.25, 0.3) is 54.6 Å². The van der Waals surface area contributed by atoms with Crippen molar-refractivity contribution in [1.82, 2.24) is 0 Å². The van der Waals surface area contributed by atoms with Crippen LogP contribution in [0.15, 0.2) is 175 Å². The standard InChI is InChI=1S/C44H29N/c1-2-13-32(14-3-1)44-43(39-20-10-11-21-40(39)45-44)31-25-23-30(24-26-31)41-35-16-6-8-18-37(35)42(38-19-9-7-17-36(38)41)34-27-22-29-12-4-5-15-33(29)28-34/h1-28,43H. The predicted octanol–water partition coefficient (Wildman–Crippen LogP) is 11.7. The number of rotatable bonds is 4. The molecule has 1 heteroatoms. The van der Waals surface area contributed by atoms with E-state index in [4.69, 9.17) is 4.99 Å². The quantitative estimate of drug-likeness (QED) is 0.186. The summed E-state index contributed by atoms with van der Waals surface area (Å²) in [6, 6.07) is 61.6. The zero-order chi connectivity index (χ0) is 29.7. The van der Waals surface area contributed by atoms with Crippen LogP contribution in [-0.4, -0.2) is 5.71 Å². The van der Waals surface area contributed by atoms with Crippen molar-refractivity contribution in [1.29, 1.82) is 0 Å². The molecule has 210 valence electrons. The molecular formula is C44H29N. The first-order valence-corrected chi connectivity index (χ1v) is 15.6. The number of benzene rings is 8. The first-order chi connectivity index (χ1) is 22.3. The lowest BCUT2D eigenvalue weighted by Gasteiger charge is -2.19. The van der Waals surface area contributed by atoms with E-state index in [1.807, 2.05) is 0 Å². The number of fused-ring (bicyclic) bond motifs is 4. The van der Waals surface area contributed by atoms with E-state index in [0.717, 1.165) is 11.4 Å². The summed E-state index contributed by atoms with van der Waals surface area (Å²) in [6.45, 7) is 0. The number of nitrogens with zero attached hydrogens (tertiary/aromatic N) is 1. The molecule has 0 aliphatic carbocycles. The minimum atomic E-state index is 0.0985. The van der Waals surface area contributed by atoms with Crippen LogP contribution in [0.3, 0.4) is 0 Å². The van der Waals surface area contributed by atoms with Gasteiger partial charge in [-0.3, -0.25) is 4.99 Å². The Morgan fingerprint density at radius 2 is 0.911 bits per heavy atom. The molecule has 0 amide bonds. The van der Waals surface area contributed by atoms with Gasteiger partial charge in [0.2, 0.25) is 0 Å². The maximum absolute atomic E-state index is 5.12. The van der Waals surface area contributed by atoms with E-state index in [1.54, 1.807) is 0 Å². The van der Waals surface area contributed by atoms with Crippen molar-refractivity contribution < 1.29 is 0 Å². The molecule has 45 heavy (non-hydrogen) atoms. The molecule has 1 nitrogen and oxygen atoms in total. The second-order valence-corrected chi connectivity index (χ2v) is 11.9. The molecular weight excluding hydrogens is 542 g/mol. The van der Waals surface area contributed by atoms with Gasteiger partial charge in [-0.25, -0.2) is 0 Å². The third-order valence-corrected chi connectivity index (χ3v) is 9.33. The first kappa shape index (κ1) is 25.7. The largest absolute Gasteiger partial charge is 0.252 e. The van der Waals surface area contributed by atoms with Gasteiger partial charge in [0.05, 0.1) is 17.3 Å². The fraction of sp³-hybridized carbons (Fsp3) is 0.0227. The number of aliphatic imine (C=N–C) groups is 1. The minimum absolute atomic E-state index is 0.0985. The van der Waals surface area contributed by atoms with Crippen molar-refractivity contribution in [2.24, 2.45) is 4.99 Å². The maximum Gasteiger partial charge on any atom is 0.0675 e. The lowest BCUT2D eigenvalue weighted by atomic mass is 9.83. The van der Waals surface area contributed by atoms with Crippen LogP contribution in [0, 0.1) is 0 Å². The van der Waals surface area contributed by atoms with Crippen molar-refractivity contribution in [2.75, 3.05) is 0 Å². The summed E-state index contributed by atoms with van der Waals surface area (Å²) in [5.74, 6) is 0.0985. The van der Waals surface area contributed by atoms with Crippen LogP contribution in [0.2, 0.25) is 0 Å². The molecule has 1 heterocycles. The molecule has 9 rings (SSSR count). The van der Waals surface area contributed by atoms with Crippen molar-refractivity contribution in [3.8, 4) is 22.3 Å². The lowest BCUT2D eigenvalue weighted by Crippen LogP contribution is -2.11. The summed E-state index contributed by atoms with van der Waals surface area (Å²) < 4.78 is 0. The lowest BCUT2D eigenvalue weighted by molar-refractivity contribution is 1.11. The molecule has 1 atom stereocenters. The summed E-state index contributed by atoms with van der Waals surface area (Å²) >= 11 is 0. The van der Waals surface area contributed by atoms with E-state index >= 15 is 0 Å². The Morgan fingerprint density at radius 3 is 1.60 bits per heavy atom. The molecule has 0 aromatic heterocycles. The zero-order valence-electron chi connectivity index (χ0n) is 24.7. The van der Waals surface area contributed by atoms with Crippen LogP contribution in [0.1, 0.15) is 22.6 Å². The molecule has 0 radical (unpaired) electrons. The monoisotopic (exact) mass is 571 g/mol. The summed E-state index contributed by atoms with van der Waals surface area (Å²) in [5.41, 5.74) is 10.9. The SMILES string of the molecule is c1ccc(C2=Nc3ccccc3C2c2ccc(-c3c4ccccc4c(-c4ccc5ccccc5c4)c4ccccc34)cc2)cc1. The molecule has 0 spiro atoms. The van der Waals surface area contributed by atoms with Gasteiger partial charge in [-0.05, 0) is 83.4 Å². The van der Waals surface area contributed by atoms with Crippen LogP contribution in [0.5, 0.6) is 0 Å². The van der Waals surface area contributed by atoms with E-state index in [2.05, 4.69) is 170 Å². The Labute approximate surface area is 262 Å². The molecule has 0 saturated heterocycles. The van der Waals surface area contributed by atoms with Crippen molar-refractivity contribution in [3.05, 3.63) is 187 Å². The maximum atomic E-state index is 5.12. The Bertz CT molecular complexity index is 2360. The van der Waals surface area contributed by atoms with E-state index in [9.17, 15) is 0 Å². The van der Waals surface area contributed by atoms with Crippen molar-refractivity contribution in [2.45, 2.75) is 5.92 Å². The fourth-order valence-corrected chi connectivity index (χ4v) is 7.29. The summed E-state index contributed by atoms with van der Waals surface area (Å²) in [4.78, 5) is 5.12. The molecule has 1 aliphatic heterocycles. The van der Waals surface area contributed by atoms with Gasteiger partial charge in [0.1, 0.15) is 0 Å². The highest BCUT2D eigenvalue weighted by Gasteiger charge is 2.29. The van der Waals surface area contributed by atoms with Gasteiger partial charge < -0.3 is 0 Å². The van der Waals surface area contributed by atoms with Crippen LogP contribution in [-0.2, 0) is 0 Å². The third-order valence-electron chi connectivity index (χ3n) is 9.33. The summed E-state index contributed by atoms with van der Waals surface area (Å²) in [5, 5.41) is 7.60. The summed E-state index contributed by atoms with van der Waals surface area (Å²) in [6.07, 6.45) is 0. The van der Waals surface area contributed by atoms with Crippen LogP contribution >= 0.6 is 0 Å². The van der Waals surface area contributed by atoms with Crippen molar-refractivity contribution in [3.63, 3.8) is 0 Å². The van der Waals surface area contributed by atoms with Gasteiger partial charge in [-0.15, -0.1) is 0 Å². The smallest absolute Gasteiger partial charge is 0.0675 e. The molecule has 1 aliphatic rings. The molecule has 0 fully saturated rings. The third kappa shape index (κ3) is 4.20. The topological polar surface area (TPSA) is 12.4 Å². The molecule has 0 N–H and O–H groups in total. The zero-order valence-corrected chi connectivity index (χ0v) is 24.7. The van der Waals surface area contributed by atoms with E-state index < -0.39 is 0 Å². The van der Waals surface area contributed by atoms with Crippen LogP contribution in [0.4, 0.5) is 5.69 Å². The Hall–Kier alpha value is -5.79. The van der Waals surface area contributed by atoms with Gasteiger partial charge in [0, 0.05) is 0 Å². The predicted molar refractivity (Wildman–Crippen MR) is 191 cm³/mol. The molecule has 8 aromatic rings. The Balaban J connectivity index is 1.22. The fourth-order valence-electron chi connectivity index (χ4n) is 7.29. The van der Waals surface area contributed by atoms with Gasteiger partial charge in [-0.1, -0.05) is 158 Å². The minimum Gasteiger partial charge on any atom is -0.252 e. The van der Waals surface area contributed by atoms with Gasteiger partial charge in [0.15, 0.2) is 0 Å². The second-order valence-electron chi connectivity index (χ2n) is 11.9. The van der Waals surface area contributed by atoms with Gasteiger partial charge >= 0.3 is 0 Å². The summed E-state index contributed by atoms with van der Waals surface area (Å²) in [7, 11) is 0. The normalized spacial score (nSPS) is 14.1. The molecule has 0 saturated carbocycles. The van der Waals surface area contributed by atoms with Crippen LogP contribution < -0.4 is 0 Å². The average molecular weight is 572 g/mol. The Morgan fingerprint density at radius 1 is 0.378 bits per heavy atom. The number of hydrogen-bond acceptors (Lipinski definition) is 1. The highest BCUT2D eigenvalue weighted by atomic mass is 14.8. The van der Waals surface area contributed by atoms with Gasteiger partial charge in [0.25, 0.3) is 0 Å². The second kappa shape index (κ2) is 10.4. The highest BCUT2D eigenvalue weighted by molar-refractivity contribution is 6.21. The molecule has 1 unspecified atom stereocenters. The average Bonchev–Trinajstić information content (AvgIpc) is 3.51. The van der Waals surface area contributed by atoms with E-state index in [0.29, 0.717) is 0 Å². The van der Waals surface area contributed by atoms with E-state index in [-0.39, 0.29) is 5.92 Å². The number of para-hydroxylation sites is 1. The van der Waals surface area contributed by atoms with Gasteiger partial charge in [-0.2, -0.15) is 0 Å². The first-order valence-electron chi connectivity index (χ1n) is 15.6. The molecule has 0 bridgehead atoms. The number of hydrogen-bond donors (Lipinski definition) is 0.